The minimum absolute atomic E-state index is 0.204. The van der Waals surface area contributed by atoms with E-state index in [1.165, 1.54) is 0 Å². The van der Waals surface area contributed by atoms with Crippen molar-refractivity contribution < 1.29 is 9.15 Å². The van der Waals surface area contributed by atoms with Crippen LogP contribution in [0.5, 0.6) is 0 Å². The van der Waals surface area contributed by atoms with E-state index in [0.29, 0.717) is 0 Å². The highest BCUT2D eigenvalue weighted by molar-refractivity contribution is 4.97. The lowest BCUT2D eigenvalue weighted by molar-refractivity contribution is 0.186. The van der Waals surface area contributed by atoms with Crippen LogP contribution in [-0.4, -0.2) is 38.3 Å². The molecule has 1 unspecified atom stereocenters. The number of hydrogen-bond donors (Lipinski definition) is 1. The average Bonchev–Trinajstić information content (AvgIpc) is 2.70. The highest BCUT2D eigenvalue weighted by atomic mass is 16.5. The number of ether oxygens (including phenoxy) is 1. The third-order valence-corrected chi connectivity index (χ3v) is 2.48. The van der Waals surface area contributed by atoms with Gasteiger partial charge in [-0.15, -0.1) is 0 Å². The van der Waals surface area contributed by atoms with E-state index in [1.54, 1.807) is 13.4 Å². The van der Waals surface area contributed by atoms with Gasteiger partial charge in [0.15, 0.2) is 0 Å². The van der Waals surface area contributed by atoms with Crippen molar-refractivity contribution in [2.75, 3.05) is 27.3 Å². The van der Waals surface area contributed by atoms with Crippen LogP contribution in [0.4, 0.5) is 0 Å². The van der Waals surface area contributed by atoms with E-state index in [1.807, 2.05) is 12.1 Å². The monoisotopic (exact) mass is 226 g/mol. The predicted molar refractivity (Wildman–Crippen MR) is 64.1 cm³/mol. The maximum absolute atomic E-state index is 6.02. The third kappa shape index (κ3) is 5.30. The molecule has 1 aromatic rings. The van der Waals surface area contributed by atoms with E-state index in [2.05, 4.69) is 11.9 Å². The Kier molecular flexibility index (Phi) is 6.15. The minimum Gasteiger partial charge on any atom is -0.468 e. The molecule has 1 aromatic heterocycles. The van der Waals surface area contributed by atoms with E-state index < -0.39 is 0 Å². The second kappa shape index (κ2) is 7.44. The van der Waals surface area contributed by atoms with Crippen LogP contribution in [0.15, 0.2) is 22.8 Å². The Morgan fingerprint density at radius 2 is 2.38 bits per heavy atom. The molecular weight excluding hydrogens is 204 g/mol. The quantitative estimate of drug-likeness (QED) is 0.682. The summed E-state index contributed by atoms with van der Waals surface area (Å²) in [6, 6.07) is 4.09. The topological polar surface area (TPSA) is 51.6 Å². The van der Waals surface area contributed by atoms with Gasteiger partial charge in [-0.3, -0.25) is 4.90 Å². The molecular formula is C12H22N2O2. The van der Waals surface area contributed by atoms with E-state index in [0.717, 1.165) is 38.3 Å². The summed E-state index contributed by atoms with van der Waals surface area (Å²) in [5.74, 6) is 0.978. The van der Waals surface area contributed by atoms with Gasteiger partial charge in [0, 0.05) is 26.3 Å². The normalized spacial score (nSPS) is 13.2. The van der Waals surface area contributed by atoms with Crippen molar-refractivity contribution in [1.82, 2.24) is 4.90 Å². The predicted octanol–water partition coefficient (Wildman–Crippen LogP) is 1.47. The molecule has 16 heavy (non-hydrogen) atoms. The minimum atomic E-state index is 0.204. The lowest BCUT2D eigenvalue weighted by Crippen LogP contribution is -2.35. The zero-order valence-electron chi connectivity index (χ0n) is 10.2. The van der Waals surface area contributed by atoms with Gasteiger partial charge in [-0.05, 0) is 32.0 Å². The second-order valence-electron chi connectivity index (χ2n) is 4.17. The van der Waals surface area contributed by atoms with Crippen molar-refractivity contribution in [2.45, 2.75) is 25.4 Å². The van der Waals surface area contributed by atoms with Crippen molar-refractivity contribution in [3.63, 3.8) is 0 Å². The Bertz CT molecular complexity index is 262. The van der Waals surface area contributed by atoms with Crippen LogP contribution >= 0.6 is 0 Å². The molecule has 1 atom stereocenters. The van der Waals surface area contributed by atoms with E-state index >= 15 is 0 Å². The van der Waals surface area contributed by atoms with Crippen LogP contribution in [0.25, 0.3) is 0 Å². The second-order valence-corrected chi connectivity index (χ2v) is 4.17. The van der Waals surface area contributed by atoms with Crippen LogP contribution in [0.2, 0.25) is 0 Å². The standard InChI is InChI=1S/C12H22N2O2/c1-14(10-12-6-4-8-16-12)9-11(13)5-3-7-15-2/h4,6,8,11H,3,5,7,9-10,13H2,1-2H3. The number of methoxy groups -OCH3 is 1. The van der Waals surface area contributed by atoms with E-state index in [4.69, 9.17) is 14.9 Å². The first-order valence-electron chi connectivity index (χ1n) is 5.68. The number of likely N-dealkylation sites (N-methyl/N-ethyl adjacent to an activating group) is 1. The molecule has 0 saturated heterocycles. The van der Waals surface area contributed by atoms with Crippen LogP contribution in [0.1, 0.15) is 18.6 Å². The highest BCUT2D eigenvalue weighted by Gasteiger charge is 2.08. The average molecular weight is 226 g/mol. The first-order chi connectivity index (χ1) is 7.72. The van der Waals surface area contributed by atoms with E-state index in [9.17, 15) is 0 Å². The Labute approximate surface area is 97.4 Å². The summed E-state index contributed by atoms with van der Waals surface area (Å²) in [5, 5.41) is 0. The molecule has 0 saturated carbocycles. The first kappa shape index (κ1) is 13.2. The summed E-state index contributed by atoms with van der Waals surface area (Å²) in [6.45, 7) is 2.48. The smallest absolute Gasteiger partial charge is 0.117 e. The summed E-state index contributed by atoms with van der Waals surface area (Å²) < 4.78 is 10.3. The molecule has 0 aromatic carbocycles. The number of nitrogens with zero attached hydrogens (tertiary/aromatic N) is 1. The third-order valence-electron chi connectivity index (χ3n) is 2.48. The fourth-order valence-electron chi connectivity index (χ4n) is 1.71. The molecule has 92 valence electrons. The first-order valence-corrected chi connectivity index (χ1v) is 5.68. The maximum atomic E-state index is 6.02. The molecule has 0 bridgehead atoms. The van der Waals surface area contributed by atoms with Gasteiger partial charge < -0.3 is 14.9 Å². The van der Waals surface area contributed by atoms with Crippen LogP contribution in [0.3, 0.4) is 0 Å². The Balaban J connectivity index is 2.15. The van der Waals surface area contributed by atoms with Gasteiger partial charge in [0.2, 0.25) is 0 Å². The summed E-state index contributed by atoms with van der Waals surface area (Å²) in [5.41, 5.74) is 6.02. The van der Waals surface area contributed by atoms with Gasteiger partial charge in [0.05, 0.1) is 12.8 Å². The number of rotatable bonds is 8. The largest absolute Gasteiger partial charge is 0.468 e. The molecule has 4 heteroatoms. The molecule has 4 nitrogen and oxygen atoms in total. The molecule has 2 N–H and O–H groups in total. The van der Waals surface area contributed by atoms with Crippen LogP contribution in [-0.2, 0) is 11.3 Å². The van der Waals surface area contributed by atoms with E-state index in [-0.39, 0.29) is 6.04 Å². The lowest BCUT2D eigenvalue weighted by atomic mass is 10.1. The van der Waals surface area contributed by atoms with Gasteiger partial charge in [-0.2, -0.15) is 0 Å². The molecule has 0 spiro atoms. The molecule has 0 aliphatic rings. The number of hydrogen-bond acceptors (Lipinski definition) is 4. The fourth-order valence-corrected chi connectivity index (χ4v) is 1.71. The Morgan fingerprint density at radius 1 is 1.56 bits per heavy atom. The Hall–Kier alpha value is -0.840. The molecule has 0 fully saturated rings. The number of nitrogens with two attached hydrogens (primary N) is 1. The molecule has 1 heterocycles. The van der Waals surface area contributed by atoms with Gasteiger partial charge in [-0.1, -0.05) is 0 Å². The summed E-state index contributed by atoms with van der Waals surface area (Å²) in [7, 11) is 3.77. The highest BCUT2D eigenvalue weighted by Crippen LogP contribution is 2.05. The number of furan rings is 1. The van der Waals surface area contributed by atoms with Gasteiger partial charge in [0.1, 0.15) is 5.76 Å². The van der Waals surface area contributed by atoms with Crippen molar-refractivity contribution in [3.8, 4) is 0 Å². The summed E-state index contributed by atoms with van der Waals surface area (Å²) >= 11 is 0. The molecule has 0 radical (unpaired) electrons. The zero-order chi connectivity index (χ0) is 11.8. The van der Waals surface area contributed by atoms with Gasteiger partial charge in [0.25, 0.3) is 0 Å². The van der Waals surface area contributed by atoms with Crippen LogP contribution in [0, 0.1) is 0 Å². The zero-order valence-corrected chi connectivity index (χ0v) is 10.2. The maximum Gasteiger partial charge on any atom is 0.117 e. The summed E-state index contributed by atoms with van der Waals surface area (Å²) in [4.78, 5) is 2.18. The fraction of sp³-hybridized carbons (Fsp3) is 0.667. The molecule has 0 aliphatic carbocycles. The van der Waals surface area contributed by atoms with Crippen LogP contribution < -0.4 is 5.73 Å². The Morgan fingerprint density at radius 3 is 3.00 bits per heavy atom. The van der Waals surface area contributed by atoms with Crippen molar-refractivity contribution in [2.24, 2.45) is 5.73 Å². The van der Waals surface area contributed by atoms with Gasteiger partial charge in [-0.25, -0.2) is 0 Å². The van der Waals surface area contributed by atoms with Gasteiger partial charge >= 0.3 is 0 Å². The van der Waals surface area contributed by atoms with Crippen molar-refractivity contribution in [3.05, 3.63) is 24.2 Å². The molecule has 0 aliphatic heterocycles. The van der Waals surface area contributed by atoms with Crippen molar-refractivity contribution >= 4 is 0 Å². The SMILES string of the molecule is COCCCC(N)CN(C)Cc1ccco1. The molecule has 0 amide bonds. The summed E-state index contributed by atoms with van der Waals surface area (Å²) in [6.07, 6.45) is 3.71. The molecule has 1 rings (SSSR count). The van der Waals surface area contributed by atoms with Crippen molar-refractivity contribution in [1.29, 1.82) is 0 Å². The lowest BCUT2D eigenvalue weighted by Gasteiger charge is -2.20.